The van der Waals surface area contributed by atoms with Crippen molar-refractivity contribution in [1.29, 1.82) is 0 Å². The number of thioether (sulfide) groups is 1. The number of amides is 1. The minimum Gasteiger partial charge on any atom is -0.325 e. The van der Waals surface area contributed by atoms with Crippen molar-refractivity contribution in [3.05, 3.63) is 48.5 Å². The van der Waals surface area contributed by atoms with E-state index in [0.717, 1.165) is 15.2 Å². The van der Waals surface area contributed by atoms with E-state index in [2.05, 4.69) is 15.5 Å². The van der Waals surface area contributed by atoms with Crippen LogP contribution in [0.15, 0.2) is 58.6 Å². The SMILES string of the molecule is NS(=O)(=O)c1ccc(NC(=O)CSc2nnc3sc4ccccc4n23)cc1. The summed E-state index contributed by atoms with van der Waals surface area (Å²) < 4.78 is 25.5. The van der Waals surface area contributed by atoms with Crippen LogP contribution in [0.5, 0.6) is 0 Å². The van der Waals surface area contributed by atoms with Crippen molar-refractivity contribution >= 4 is 59.9 Å². The zero-order valence-electron chi connectivity index (χ0n) is 13.7. The number of aromatic nitrogens is 3. The number of nitrogens with one attached hydrogen (secondary N) is 1. The monoisotopic (exact) mass is 419 g/mol. The Labute approximate surface area is 162 Å². The number of anilines is 1. The summed E-state index contributed by atoms with van der Waals surface area (Å²) in [7, 11) is -3.75. The highest BCUT2D eigenvalue weighted by Gasteiger charge is 2.14. The van der Waals surface area contributed by atoms with Gasteiger partial charge in [0.25, 0.3) is 0 Å². The van der Waals surface area contributed by atoms with Crippen LogP contribution in [0.1, 0.15) is 0 Å². The van der Waals surface area contributed by atoms with Crippen LogP contribution in [0.3, 0.4) is 0 Å². The number of nitrogens with two attached hydrogens (primary N) is 1. The molecule has 2 heterocycles. The summed E-state index contributed by atoms with van der Waals surface area (Å²) in [6.07, 6.45) is 0. The first-order chi connectivity index (χ1) is 12.9. The van der Waals surface area contributed by atoms with Gasteiger partial charge in [0, 0.05) is 5.69 Å². The third-order valence-corrected chi connectivity index (χ3v) is 6.58. The molecular formula is C16H13N5O3S3. The van der Waals surface area contributed by atoms with Crippen molar-refractivity contribution < 1.29 is 13.2 Å². The molecule has 0 aliphatic rings. The average molecular weight is 420 g/mol. The van der Waals surface area contributed by atoms with Gasteiger partial charge in [-0.15, -0.1) is 10.2 Å². The molecule has 8 nitrogen and oxygen atoms in total. The van der Waals surface area contributed by atoms with Crippen molar-refractivity contribution in [1.82, 2.24) is 14.6 Å². The minimum absolute atomic E-state index is 0.00920. The van der Waals surface area contributed by atoms with Gasteiger partial charge in [-0.1, -0.05) is 35.2 Å². The summed E-state index contributed by atoms with van der Waals surface area (Å²) in [6.45, 7) is 0. The number of hydrogen-bond donors (Lipinski definition) is 2. The van der Waals surface area contributed by atoms with Crippen LogP contribution >= 0.6 is 23.1 Å². The Balaban J connectivity index is 1.46. The molecule has 0 bridgehead atoms. The number of nitrogens with zero attached hydrogens (tertiary/aromatic N) is 3. The first-order valence-electron chi connectivity index (χ1n) is 7.70. The molecule has 4 rings (SSSR count). The lowest BCUT2D eigenvalue weighted by atomic mass is 10.3. The van der Waals surface area contributed by atoms with E-state index in [0.29, 0.717) is 10.8 Å². The number of carbonyl (C=O) groups is 1. The summed E-state index contributed by atoms with van der Waals surface area (Å²) >= 11 is 2.82. The maximum atomic E-state index is 12.2. The molecule has 1 amide bonds. The smallest absolute Gasteiger partial charge is 0.238 e. The van der Waals surface area contributed by atoms with E-state index in [-0.39, 0.29) is 16.6 Å². The molecule has 138 valence electrons. The number of primary sulfonamides is 1. The lowest BCUT2D eigenvalue weighted by Gasteiger charge is -2.05. The fraction of sp³-hybridized carbons (Fsp3) is 0.0625. The molecule has 0 saturated heterocycles. The van der Waals surface area contributed by atoms with E-state index in [1.807, 2.05) is 28.7 Å². The van der Waals surface area contributed by atoms with Gasteiger partial charge in [-0.2, -0.15) is 0 Å². The van der Waals surface area contributed by atoms with Crippen LogP contribution in [-0.2, 0) is 14.8 Å². The summed E-state index contributed by atoms with van der Waals surface area (Å²) in [5.74, 6) is -0.0957. The van der Waals surface area contributed by atoms with Gasteiger partial charge in [-0.3, -0.25) is 9.20 Å². The molecular weight excluding hydrogens is 406 g/mol. The molecule has 0 atom stereocenters. The van der Waals surface area contributed by atoms with Gasteiger partial charge in [0.05, 0.1) is 20.9 Å². The molecule has 0 aliphatic heterocycles. The highest BCUT2D eigenvalue weighted by Crippen LogP contribution is 2.29. The number of carbonyl (C=O) groups excluding carboxylic acids is 1. The van der Waals surface area contributed by atoms with Gasteiger partial charge in [0.15, 0.2) is 5.16 Å². The second-order valence-corrected chi connectivity index (χ2v) is 9.09. The van der Waals surface area contributed by atoms with Crippen LogP contribution in [-0.4, -0.2) is 34.7 Å². The number of para-hydroxylation sites is 1. The Hall–Kier alpha value is -2.47. The van der Waals surface area contributed by atoms with Crippen LogP contribution in [0.4, 0.5) is 5.69 Å². The highest BCUT2D eigenvalue weighted by atomic mass is 32.2. The molecule has 2 aromatic heterocycles. The number of sulfonamides is 1. The quantitative estimate of drug-likeness (QED) is 0.479. The molecule has 0 radical (unpaired) electrons. The Morgan fingerprint density at radius 3 is 2.63 bits per heavy atom. The number of fused-ring (bicyclic) bond motifs is 3. The fourth-order valence-corrected chi connectivity index (χ4v) is 4.79. The van der Waals surface area contributed by atoms with Crippen molar-refractivity contribution in [2.24, 2.45) is 5.14 Å². The zero-order chi connectivity index (χ0) is 19.0. The first kappa shape index (κ1) is 17.9. The molecule has 0 spiro atoms. The van der Waals surface area contributed by atoms with E-state index < -0.39 is 10.0 Å². The molecule has 2 aromatic carbocycles. The summed E-state index contributed by atoms with van der Waals surface area (Å²) in [5.41, 5.74) is 1.49. The van der Waals surface area contributed by atoms with Crippen molar-refractivity contribution in [3.8, 4) is 0 Å². The molecule has 0 saturated carbocycles. The summed E-state index contributed by atoms with van der Waals surface area (Å²) in [5, 5.41) is 16.7. The van der Waals surface area contributed by atoms with E-state index in [1.165, 1.54) is 47.4 Å². The zero-order valence-corrected chi connectivity index (χ0v) is 16.1. The van der Waals surface area contributed by atoms with Gasteiger partial charge in [0.2, 0.25) is 20.9 Å². The summed E-state index contributed by atoms with van der Waals surface area (Å²) in [6, 6.07) is 13.6. The van der Waals surface area contributed by atoms with Gasteiger partial charge >= 0.3 is 0 Å². The predicted molar refractivity (Wildman–Crippen MR) is 106 cm³/mol. The number of thiazole rings is 1. The van der Waals surface area contributed by atoms with Gasteiger partial charge < -0.3 is 5.32 Å². The third kappa shape index (κ3) is 3.67. The lowest BCUT2D eigenvalue weighted by Crippen LogP contribution is -2.15. The second kappa shape index (κ2) is 6.93. The standard InChI is InChI=1S/C16H13N5O3S3/c17-27(23,24)11-7-5-10(6-8-11)18-14(22)9-25-15-19-20-16-21(15)12-3-1-2-4-13(12)26-16/h1-8H,9H2,(H,18,22)(H2,17,23,24). The van der Waals surface area contributed by atoms with Gasteiger partial charge in [-0.25, -0.2) is 13.6 Å². The van der Waals surface area contributed by atoms with E-state index in [4.69, 9.17) is 5.14 Å². The largest absolute Gasteiger partial charge is 0.325 e. The molecule has 3 N–H and O–H groups in total. The molecule has 4 aromatic rings. The maximum Gasteiger partial charge on any atom is 0.238 e. The maximum absolute atomic E-state index is 12.2. The molecule has 27 heavy (non-hydrogen) atoms. The third-order valence-electron chi connectivity index (χ3n) is 3.71. The normalized spacial score (nSPS) is 11.9. The Kier molecular flexibility index (Phi) is 4.60. The van der Waals surface area contributed by atoms with E-state index >= 15 is 0 Å². The number of hydrogen-bond acceptors (Lipinski definition) is 7. The van der Waals surface area contributed by atoms with E-state index in [1.54, 1.807) is 0 Å². The van der Waals surface area contributed by atoms with Crippen LogP contribution in [0, 0.1) is 0 Å². The predicted octanol–water partition coefficient (Wildman–Crippen LogP) is 2.32. The highest BCUT2D eigenvalue weighted by molar-refractivity contribution is 7.99. The second-order valence-electron chi connectivity index (χ2n) is 5.58. The number of benzene rings is 2. The number of rotatable bonds is 5. The molecule has 0 fully saturated rings. The molecule has 0 aliphatic carbocycles. The fourth-order valence-electron chi connectivity index (χ4n) is 2.50. The van der Waals surface area contributed by atoms with Gasteiger partial charge in [0.1, 0.15) is 0 Å². The van der Waals surface area contributed by atoms with Crippen molar-refractivity contribution in [2.75, 3.05) is 11.1 Å². The Morgan fingerprint density at radius 2 is 1.89 bits per heavy atom. The molecule has 11 heteroatoms. The van der Waals surface area contributed by atoms with Crippen LogP contribution in [0.2, 0.25) is 0 Å². The van der Waals surface area contributed by atoms with Crippen molar-refractivity contribution in [2.45, 2.75) is 10.1 Å². The lowest BCUT2D eigenvalue weighted by molar-refractivity contribution is -0.113. The van der Waals surface area contributed by atoms with E-state index in [9.17, 15) is 13.2 Å². The van der Waals surface area contributed by atoms with Gasteiger partial charge in [-0.05, 0) is 36.4 Å². The molecule has 0 unspecified atom stereocenters. The van der Waals surface area contributed by atoms with Crippen molar-refractivity contribution in [3.63, 3.8) is 0 Å². The average Bonchev–Trinajstić information content (AvgIpc) is 3.19. The first-order valence-corrected chi connectivity index (χ1v) is 11.0. The van der Waals surface area contributed by atoms with Crippen LogP contribution < -0.4 is 10.5 Å². The summed E-state index contributed by atoms with van der Waals surface area (Å²) in [4.78, 5) is 13.0. The minimum atomic E-state index is -3.75. The Morgan fingerprint density at radius 1 is 1.15 bits per heavy atom. The van der Waals surface area contributed by atoms with Crippen LogP contribution in [0.25, 0.3) is 15.2 Å². The topological polar surface area (TPSA) is 119 Å². The Bertz CT molecular complexity index is 1250.